The number of rotatable bonds is 2. The number of hydrogen-bond donors (Lipinski definition) is 1. The van der Waals surface area contributed by atoms with Gasteiger partial charge in [0.05, 0.1) is 0 Å². The smallest absolute Gasteiger partial charge is 0.225 e. The number of nitrogens with two attached hydrogens (primary N) is 1. The second kappa shape index (κ2) is 4.01. The number of nitrogens with zero attached hydrogens (tertiary/aromatic N) is 3. The first-order valence-electron chi connectivity index (χ1n) is 6.15. The summed E-state index contributed by atoms with van der Waals surface area (Å²) >= 11 is 0. The second-order valence-electron chi connectivity index (χ2n) is 4.94. The molecule has 1 aliphatic heterocycles. The fourth-order valence-corrected chi connectivity index (χ4v) is 2.42. The summed E-state index contributed by atoms with van der Waals surface area (Å²) in [6.45, 7) is 1.88. The minimum atomic E-state index is 0.287. The van der Waals surface area contributed by atoms with E-state index in [0.717, 1.165) is 31.4 Å². The molecule has 0 amide bonds. The highest BCUT2D eigenvalue weighted by atomic mass is 15.3. The van der Waals surface area contributed by atoms with E-state index in [1.807, 2.05) is 12.4 Å². The largest absolute Gasteiger partial charge is 0.339 e. The van der Waals surface area contributed by atoms with Crippen molar-refractivity contribution in [1.29, 1.82) is 0 Å². The van der Waals surface area contributed by atoms with Crippen LogP contribution in [0.1, 0.15) is 37.2 Å². The lowest BCUT2D eigenvalue weighted by atomic mass is 9.81. The fraction of sp³-hybridized carbons (Fsp3) is 0.667. The van der Waals surface area contributed by atoms with Gasteiger partial charge in [0.1, 0.15) is 0 Å². The van der Waals surface area contributed by atoms with E-state index in [9.17, 15) is 0 Å². The molecule has 3 rings (SSSR count). The van der Waals surface area contributed by atoms with Gasteiger partial charge >= 0.3 is 0 Å². The number of anilines is 1. The highest BCUT2D eigenvalue weighted by Gasteiger charge is 2.23. The van der Waals surface area contributed by atoms with Crippen LogP contribution in [-0.2, 0) is 0 Å². The van der Waals surface area contributed by atoms with Gasteiger partial charge in [-0.3, -0.25) is 0 Å². The van der Waals surface area contributed by atoms with Gasteiger partial charge in [-0.15, -0.1) is 0 Å². The van der Waals surface area contributed by atoms with E-state index < -0.39 is 0 Å². The molecule has 1 saturated carbocycles. The molecule has 2 heterocycles. The predicted molar refractivity (Wildman–Crippen MR) is 63.4 cm³/mol. The van der Waals surface area contributed by atoms with E-state index in [-0.39, 0.29) is 6.04 Å². The maximum atomic E-state index is 5.87. The molecule has 2 N–H and O–H groups in total. The van der Waals surface area contributed by atoms with E-state index in [1.165, 1.54) is 24.8 Å². The van der Waals surface area contributed by atoms with Crippen LogP contribution in [0.4, 0.5) is 5.95 Å². The Morgan fingerprint density at radius 2 is 1.94 bits per heavy atom. The van der Waals surface area contributed by atoms with Gasteiger partial charge in [0.15, 0.2) is 0 Å². The van der Waals surface area contributed by atoms with Crippen molar-refractivity contribution in [3.63, 3.8) is 0 Å². The van der Waals surface area contributed by atoms with Crippen LogP contribution < -0.4 is 10.6 Å². The third-order valence-corrected chi connectivity index (χ3v) is 3.74. The number of aromatic nitrogens is 2. The monoisotopic (exact) mass is 218 g/mol. The third-order valence-electron chi connectivity index (χ3n) is 3.74. The van der Waals surface area contributed by atoms with Crippen LogP contribution >= 0.6 is 0 Å². The molecule has 2 fully saturated rings. The highest BCUT2D eigenvalue weighted by molar-refractivity contribution is 5.33. The maximum Gasteiger partial charge on any atom is 0.225 e. The summed E-state index contributed by atoms with van der Waals surface area (Å²) in [4.78, 5) is 11.1. The first-order valence-corrected chi connectivity index (χ1v) is 6.15. The molecular weight excluding hydrogens is 200 g/mol. The van der Waals surface area contributed by atoms with Crippen molar-refractivity contribution in [1.82, 2.24) is 9.97 Å². The minimum Gasteiger partial charge on any atom is -0.339 e. The first-order chi connectivity index (χ1) is 7.83. The second-order valence-corrected chi connectivity index (χ2v) is 4.94. The predicted octanol–water partition coefficient (Wildman–Crippen LogP) is 1.28. The molecule has 16 heavy (non-hydrogen) atoms. The molecule has 1 aromatic heterocycles. The van der Waals surface area contributed by atoms with Crippen LogP contribution in [0.2, 0.25) is 0 Å². The molecular formula is C12H18N4. The van der Waals surface area contributed by atoms with Gasteiger partial charge in [0, 0.05) is 31.5 Å². The summed E-state index contributed by atoms with van der Waals surface area (Å²) in [5, 5.41) is 0. The quantitative estimate of drug-likeness (QED) is 0.812. The molecule has 0 radical (unpaired) electrons. The summed E-state index contributed by atoms with van der Waals surface area (Å²) < 4.78 is 0. The molecule has 0 aromatic carbocycles. The molecule has 0 bridgehead atoms. The standard InChI is InChI=1S/C12H18N4/c13-11-4-5-16(8-11)12-14-6-10(7-15-12)9-2-1-3-9/h6-7,9,11H,1-5,8,13H2. The molecule has 4 heteroatoms. The van der Waals surface area contributed by atoms with Crippen molar-refractivity contribution < 1.29 is 0 Å². The Kier molecular flexibility index (Phi) is 2.52. The fourth-order valence-electron chi connectivity index (χ4n) is 2.42. The molecule has 1 aromatic rings. The van der Waals surface area contributed by atoms with Crippen molar-refractivity contribution in [2.45, 2.75) is 37.6 Å². The first kappa shape index (κ1) is 10.0. The van der Waals surface area contributed by atoms with Crippen LogP contribution in [-0.4, -0.2) is 29.1 Å². The molecule has 1 aliphatic carbocycles. The lowest BCUT2D eigenvalue weighted by Gasteiger charge is -2.25. The molecule has 86 valence electrons. The molecule has 1 saturated heterocycles. The zero-order valence-corrected chi connectivity index (χ0v) is 9.47. The Hall–Kier alpha value is -1.16. The minimum absolute atomic E-state index is 0.287. The zero-order chi connectivity index (χ0) is 11.0. The van der Waals surface area contributed by atoms with E-state index in [0.29, 0.717) is 0 Å². The Bertz CT molecular complexity index is 358. The molecule has 2 aliphatic rings. The topological polar surface area (TPSA) is 55.0 Å². The SMILES string of the molecule is NC1CCN(c2ncc(C3CCC3)cn2)C1. The van der Waals surface area contributed by atoms with Crippen molar-refractivity contribution >= 4 is 5.95 Å². The van der Waals surface area contributed by atoms with Gasteiger partial charge in [0.25, 0.3) is 0 Å². The summed E-state index contributed by atoms with van der Waals surface area (Å²) in [6, 6.07) is 0.287. The Morgan fingerprint density at radius 3 is 2.44 bits per heavy atom. The van der Waals surface area contributed by atoms with Crippen molar-refractivity contribution in [3.8, 4) is 0 Å². The lowest BCUT2D eigenvalue weighted by molar-refractivity contribution is 0.418. The summed E-state index contributed by atoms with van der Waals surface area (Å²) in [7, 11) is 0. The zero-order valence-electron chi connectivity index (χ0n) is 9.47. The normalized spacial score (nSPS) is 25.8. The van der Waals surface area contributed by atoms with Gasteiger partial charge in [0.2, 0.25) is 5.95 Å². The van der Waals surface area contributed by atoms with E-state index in [2.05, 4.69) is 14.9 Å². The van der Waals surface area contributed by atoms with Gasteiger partial charge in [-0.2, -0.15) is 0 Å². The van der Waals surface area contributed by atoms with Gasteiger partial charge in [-0.05, 0) is 30.7 Å². The Morgan fingerprint density at radius 1 is 1.19 bits per heavy atom. The lowest BCUT2D eigenvalue weighted by Crippen LogP contribution is -2.27. The van der Waals surface area contributed by atoms with Crippen LogP contribution in [0.3, 0.4) is 0 Å². The van der Waals surface area contributed by atoms with E-state index in [4.69, 9.17) is 5.73 Å². The van der Waals surface area contributed by atoms with Crippen LogP contribution in [0.25, 0.3) is 0 Å². The molecule has 0 spiro atoms. The molecule has 1 unspecified atom stereocenters. The van der Waals surface area contributed by atoms with Crippen LogP contribution in [0.5, 0.6) is 0 Å². The van der Waals surface area contributed by atoms with Crippen LogP contribution in [0, 0.1) is 0 Å². The average molecular weight is 218 g/mol. The van der Waals surface area contributed by atoms with Crippen molar-refractivity contribution in [3.05, 3.63) is 18.0 Å². The highest BCUT2D eigenvalue weighted by Crippen LogP contribution is 2.35. The summed E-state index contributed by atoms with van der Waals surface area (Å²) in [5.74, 6) is 1.56. The average Bonchev–Trinajstić information content (AvgIpc) is 2.63. The van der Waals surface area contributed by atoms with Crippen molar-refractivity contribution in [2.75, 3.05) is 18.0 Å². The van der Waals surface area contributed by atoms with Crippen LogP contribution in [0.15, 0.2) is 12.4 Å². The maximum absolute atomic E-state index is 5.87. The van der Waals surface area contributed by atoms with E-state index >= 15 is 0 Å². The van der Waals surface area contributed by atoms with Gasteiger partial charge in [-0.1, -0.05) is 6.42 Å². The van der Waals surface area contributed by atoms with Crippen molar-refractivity contribution in [2.24, 2.45) is 5.73 Å². The Labute approximate surface area is 95.9 Å². The summed E-state index contributed by atoms with van der Waals surface area (Å²) in [6.07, 6.45) is 9.00. The van der Waals surface area contributed by atoms with Gasteiger partial charge < -0.3 is 10.6 Å². The molecule has 1 atom stereocenters. The van der Waals surface area contributed by atoms with E-state index in [1.54, 1.807) is 0 Å². The number of hydrogen-bond acceptors (Lipinski definition) is 4. The van der Waals surface area contributed by atoms with Gasteiger partial charge in [-0.25, -0.2) is 9.97 Å². The Balaban J connectivity index is 1.71. The molecule has 4 nitrogen and oxygen atoms in total. The third kappa shape index (κ3) is 1.78. The summed E-state index contributed by atoms with van der Waals surface area (Å²) in [5.41, 5.74) is 7.18.